The summed E-state index contributed by atoms with van der Waals surface area (Å²) in [6.07, 6.45) is 5.14. The van der Waals surface area contributed by atoms with Gasteiger partial charge in [0.1, 0.15) is 5.82 Å². The maximum Gasteiger partial charge on any atom is 0.313 e. The minimum Gasteiger partial charge on any atom is -0.383 e. The first-order valence-electron chi connectivity index (χ1n) is 13.7. The third kappa shape index (κ3) is 5.40. The van der Waals surface area contributed by atoms with Crippen LogP contribution in [0, 0.1) is 11.8 Å². The summed E-state index contributed by atoms with van der Waals surface area (Å²) in [5.74, 6) is 0.660. The van der Waals surface area contributed by atoms with Gasteiger partial charge in [-0.25, -0.2) is 9.97 Å². The molecule has 2 aliphatic rings. The Bertz CT molecular complexity index is 1340. The van der Waals surface area contributed by atoms with Crippen LogP contribution in [0.3, 0.4) is 0 Å². The van der Waals surface area contributed by atoms with E-state index in [0.717, 1.165) is 49.0 Å². The third-order valence-corrected chi connectivity index (χ3v) is 9.32. The molecule has 0 spiro atoms. The smallest absolute Gasteiger partial charge is 0.313 e. The second-order valence-electron chi connectivity index (χ2n) is 11.1. The van der Waals surface area contributed by atoms with Crippen LogP contribution < -0.4 is 11.1 Å². The van der Waals surface area contributed by atoms with Crippen molar-refractivity contribution in [2.45, 2.75) is 58.4 Å². The molecular formula is C29H38N6O2S. The SMILES string of the molecule is CCc1cc(NC(=O)C(=O)N2C[C@@H](C)CC[C@@H]2c2ccc3sc(C4CCN(C)CC4C)nc3c2)cnc1N. The van der Waals surface area contributed by atoms with E-state index in [0.29, 0.717) is 42.2 Å². The van der Waals surface area contributed by atoms with Gasteiger partial charge in [0.25, 0.3) is 0 Å². The lowest BCUT2D eigenvalue weighted by Gasteiger charge is -2.38. The number of carbonyl (C=O) groups excluding carboxylic acids is 2. The summed E-state index contributed by atoms with van der Waals surface area (Å²) >= 11 is 1.79. The molecule has 0 bridgehead atoms. The number of hydrogen-bond acceptors (Lipinski definition) is 7. The summed E-state index contributed by atoms with van der Waals surface area (Å²) in [5.41, 5.74) is 9.25. The van der Waals surface area contributed by atoms with Crippen LogP contribution in [0.25, 0.3) is 10.2 Å². The number of benzene rings is 1. The normalized spacial score (nSPS) is 24.5. The maximum absolute atomic E-state index is 13.4. The van der Waals surface area contributed by atoms with E-state index in [4.69, 9.17) is 10.7 Å². The third-order valence-electron chi connectivity index (χ3n) is 8.15. The molecule has 0 radical (unpaired) electrons. The van der Waals surface area contributed by atoms with Gasteiger partial charge in [-0.3, -0.25) is 9.59 Å². The summed E-state index contributed by atoms with van der Waals surface area (Å²) in [4.78, 5) is 39.8. The molecule has 3 N–H and O–H groups in total. The van der Waals surface area contributed by atoms with Crippen molar-refractivity contribution in [3.8, 4) is 0 Å². The van der Waals surface area contributed by atoms with Crippen LogP contribution >= 0.6 is 11.3 Å². The number of rotatable bonds is 4. The Balaban J connectivity index is 1.37. The highest BCUT2D eigenvalue weighted by Gasteiger charge is 2.35. The van der Waals surface area contributed by atoms with Crippen LogP contribution in [0.2, 0.25) is 0 Å². The van der Waals surface area contributed by atoms with Crippen molar-refractivity contribution in [3.05, 3.63) is 46.6 Å². The highest BCUT2D eigenvalue weighted by molar-refractivity contribution is 7.18. The molecule has 0 aliphatic carbocycles. The van der Waals surface area contributed by atoms with Crippen LogP contribution in [-0.4, -0.2) is 58.3 Å². The number of anilines is 2. The molecule has 2 fully saturated rings. The Morgan fingerprint density at radius 2 is 1.97 bits per heavy atom. The number of nitrogens with two attached hydrogens (primary N) is 1. The summed E-state index contributed by atoms with van der Waals surface area (Å²) in [5, 5.41) is 3.96. The zero-order valence-corrected chi connectivity index (χ0v) is 23.6. The van der Waals surface area contributed by atoms with Crippen molar-refractivity contribution in [2.24, 2.45) is 11.8 Å². The van der Waals surface area contributed by atoms with Crippen LogP contribution in [0.15, 0.2) is 30.5 Å². The van der Waals surface area contributed by atoms with Crippen LogP contribution in [-0.2, 0) is 16.0 Å². The average molecular weight is 535 g/mol. The van der Waals surface area contributed by atoms with Crippen molar-refractivity contribution < 1.29 is 9.59 Å². The molecule has 202 valence electrons. The Morgan fingerprint density at radius 3 is 2.74 bits per heavy atom. The molecule has 1 aromatic carbocycles. The van der Waals surface area contributed by atoms with E-state index in [-0.39, 0.29) is 6.04 Å². The molecule has 3 aromatic rings. The second kappa shape index (κ2) is 11.0. The Morgan fingerprint density at radius 1 is 1.16 bits per heavy atom. The number of amides is 2. The van der Waals surface area contributed by atoms with E-state index >= 15 is 0 Å². The number of aromatic nitrogens is 2. The summed E-state index contributed by atoms with van der Waals surface area (Å²) in [7, 11) is 2.19. The summed E-state index contributed by atoms with van der Waals surface area (Å²) < 4.78 is 1.18. The number of fused-ring (bicyclic) bond motifs is 1. The molecular weight excluding hydrogens is 496 g/mol. The number of nitrogens with one attached hydrogen (secondary N) is 1. The first-order valence-corrected chi connectivity index (χ1v) is 14.5. The van der Waals surface area contributed by atoms with Gasteiger partial charge in [-0.1, -0.05) is 26.8 Å². The zero-order valence-electron chi connectivity index (χ0n) is 22.7. The van der Waals surface area contributed by atoms with Crippen LogP contribution in [0.4, 0.5) is 11.5 Å². The van der Waals surface area contributed by atoms with Gasteiger partial charge in [-0.05, 0) is 80.4 Å². The second-order valence-corrected chi connectivity index (χ2v) is 12.2. The number of piperidine rings is 2. The number of aryl methyl sites for hydroxylation is 1. The predicted molar refractivity (Wildman–Crippen MR) is 153 cm³/mol. The standard InChI is InChI=1S/C29H38N6O2S/c1-5-19-12-21(14-31-26(19)30)32-27(36)29(37)35-15-17(2)6-8-24(35)20-7-9-25-23(13-20)33-28(38-25)22-10-11-34(4)16-18(22)3/h7,9,12-14,17-18,22,24H,5-6,8,10-11,15-16H2,1-4H3,(H2,30,31)(H,32,36)/t17-,18?,22?,24+/m0/s1. The molecule has 4 heterocycles. The van der Waals surface area contributed by atoms with E-state index in [9.17, 15) is 9.59 Å². The van der Waals surface area contributed by atoms with Gasteiger partial charge in [0, 0.05) is 19.0 Å². The quantitative estimate of drug-likeness (QED) is 0.465. The van der Waals surface area contributed by atoms with Gasteiger partial charge in [0.2, 0.25) is 0 Å². The van der Waals surface area contributed by atoms with Crippen molar-refractivity contribution in [2.75, 3.05) is 37.7 Å². The topological polar surface area (TPSA) is 104 Å². The van der Waals surface area contributed by atoms with Gasteiger partial charge in [-0.15, -0.1) is 11.3 Å². The van der Waals surface area contributed by atoms with Crippen LogP contribution in [0.5, 0.6) is 0 Å². The number of hydrogen-bond donors (Lipinski definition) is 2. The fourth-order valence-electron chi connectivity index (χ4n) is 5.96. The van der Waals surface area contributed by atoms with E-state index < -0.39 is 11.8 Å². The molecule has 5 rings (SSSR count). The van der Waals surface area contributed by atoms with Gasteiger partial charge in [0.15, 0.2) is 0 Å². The Labute approximate surface area is 228 Å². The summed E-state index contributed by atoms with van der Waals surface area (Å²) in [6, 6.07) is 8.00. The lowest BCUT2D eigenvalue weighted by Crippen LogP contribution is -2.46. The monoisotopic (exact) mass is 534 g/mol. The Hall–Kier alpha value is -3.04. The Kier molecular flexibility index (Phi) is 7.68. The molecule has 2 aliphatic heterocycles. The lowest BCUT2D eigenvalue weighted by molar-refractivity contribution is -0.146. The molecule has 9 heteroatoms. The first kappa shape index (κ1) is 26.6. The lowest BCUT2D eigenvalue weighted by atomic mass is 9.87. The maximum atomic E-state index is 13.4. The number of nitrogen functional groups attached to an aromatic ring is 1. The first-order chi connectivity index (χ1) is 18.2. The minimum absolute atomic E-state index is 0.156. The van der Waals surface area contributed by atoms with Crippen molar-refractivity contribution in [3.63, 3.8) is 0 Å². The number of pyridine rings is 1. The fourth-order valence-corrected chi connectivity index (χ4v) is 7.18. The summed E-state index contributed by atoms with van der Waals surface area (Å²) in [6.45, 7) is 9.16. The van der Waals surface area contributed by atoms with Crippen molar-refractivity contribution in [1.82, 2.24) is 19.8 Å². The molecule has 2 saturated heterocycles. The van der Waals surface area contributed by atoms with E-state index in [1.54, 1.807) is 22.3 Å². The molecule has 2 amide bonds. The largest absolute Gasteiger partial charge is 0.383 e. The van der Waals surface area contributed by atoms with Gasteiger partial charge in [-0.2, -0.15) is 0 Å². The van der Waals surface area contributed by atoms with Gasteiger partial charge >= 0.3 is 11.8 Å². The van der Waals surface area contributed by atoms with Gasteiger partial charge < -0.3 is 20.9 Å². The number of likely N-dealkylation sites (tertiary alicyclic amines) is 2. The van der Waals surface area contributed by atoms with E-state index in [1.807, 2.05) is 6.92 Å². The molecule has 38 heavy (non-hydrogen) atoms. The van der Waals surface area contributed by atoms with E-state index in [2.05, 4.69) is 54.3 Å². The van der Waals surface area contributed by atoms with Crippen molar-refractivity contribution >= 4 is 44.9 Å². The molecule has 0 saturated carbocycles. The fraction of sp³-hybridized carbons (Fsp3) is 0.517. The number of carbonyl (C=O) groups is 2. The minimum atomic E-state index is -0.647. The van der Waals surface area contributed by atoms with E-state index in [1.165, 1.54) is 15.9 Å². The number of thiazole rings is 1. The highest BCUT2D eigenvalue weighted by atomic mass is 32.1. The zero-order chi connectivity index (χ0) is 27.0. The number of nitrogens with zero attached hydrogens (tertiary/aromatic N) is 4. The van der Waals surface area contributed by atoms with Gasteiger partial charge in [0.05, 0.1) is 33.2 Å². The molecule has 8 nitrogen and oxygen atoms in total. The molecule has 2 aromatic heterocycles. The molecule has 2 unspecified atom stereocenters. The highest BCUT2D eigenvalue weighted by Crippen LogP contribution is 2.39. The molecule has 4 atom stereocenters. The van der Waals surface area contributed by atoms with Crippen molar-refractivity contribution in [1.29, 1.82) is 0 Å². The average Bonchev–Trinajstić information content (AvgIpc) is 3.32. The predicted octanol–water partition coefficient (Wildman–Crippen LogP) is 4.83. The van der Waals surface area contributed by atoms with Crippen LogP contribution in [0.1, 0.15) is 68.1 Å².